The first-order valence-corrected chi connectivity index (χ1v) is 8.43. The van der Waals surface area contributed by atoms with Crippen LogP contribution in [0.3, 0.4) is 0 Å². The summed E-state index contributed by atoms with van der Waals surface area (Å²) in [5.74, 6) is 1.57. The molecule has 0 atom stereocenters. The first-order chi connectivity index (χ1) is 12.5. The second kappa shape index (κ2) is 7.61. The van der Waals surface area contributed by atoms with Gasteiger partial charge in [0.25, 0.3) is 0 Å². The van der Waals surface area contributed by atoms with Crippen molar-refractivity contribution in [2.45, 2.75) is 0 Å². The quantitative estimate of drug-likeness (QED) is 0.546. The van der Waals surface area contributed by atoms with Gasteiger partial charge in [0.1, 0.15) is 5.75 Å². The molecule has 134 valence electrons. The second-order valence-electron chi connectivity index (χ2n) is 5.30. The van der Waals surface area contributed by atoms with E-state index in [1.807, 2.05) is 6.07 Å². The van der Waals surface area contributed by atoms with Crippen LogP contribution in [0, 0.1) is 0 Å². The average molecular weight is 418 g/mol. The van der Waals surface area contributed by atoms with Crippen molar-refractivity contribution in [2.24, 2.45) is 4.99 Å². The van der Waals surface area contributed by atoms with Gasteiger partial charge in [0.05, 0.1) is 25.8 Å². The van der Waals surface area contributed by atoms with Crippen LogP contribution < -0.4 is 14.2 Å². The molecular weight excluding hydrogens is 402 g/mol. The summed E-state index contributed by atoms with van der Waals surface area (Å²) in [5, 5.41) is 0. The summed E-state index contributed by atoms with van der Waals surface area (Å²) in [4.78, 5) is 16.4. The van der Waals surface area contributed by atoms with Crippen LogP contribution in [-0.4, -0.2) is 33.2 Å². The van der Waals surface area contributed by atoms with Crippen LogP contribution in [-0.2, 0) is 9.53 Å². The minimum absolute atomic E-state index is 0.204. The molecule has 0 aliphatic carbocycles. The Balaban J connectivity index is 1.94. The predicted molar refractivity (Wildman–Crippen MR) is 101 cm³/mol. The molecule has 26 heavy (non-hydrogen) atoms. The zero-order valence-electron chi connectivity index (χ0n) is 14.4. The van der Waals surface area contributed by atoms with Crippen molar-refractivity contribution in [1.82, 2.24) is 0 Å². The third-order valence-corrected chi connectivity index (χ3v) is 4.31. The van der Waals surface area contributed by atoms with Crippen LogP contribution in [0.1, 0.15) is 11.1 Å². The Labute approximate surface area is 159 Å². The highest BCUT2D eigenvalue weighted by Gasteiger charge is 2.24. The highest BCUT2D eigenvalue weighted by atomic mass is 79.9. The van der Waals surface area contributed by atoms with E-state index < -0.39 is 5.97 Å². The van der Waals surface area contributed by atoms with Crippen LogP contribution >= 0.6 is 15.9 Å². The number of esters is 1. The number of nitrogens with zero attached hydrogens (tertiary/aromatic N) is 1. The van der Waals surface area contributed by atoms with Gasteiger partial charge < -0.3 is 18.9 Å². The Morgan fingerprint density at radius 3 is 2.38 bits per heavy atom. The van der Waals surface area contributed by atoms with Crippen molar-refractivity contribution in [3.05, 3.63) is 57.7 Å². The number of halogens is 1. The molecule has 0 bridgehead atoms. The van der Waals surface area contributed by atoms with Gasteiger partial charge in [0, 0.05) is 5.56 Å². The van der Waals surface area contributed by atoms with Crippen molar-refractivity contribution < 1.29 is 23.7 Å². The number of carbonyl (C=O) groups is 1. The molecule has 0 fully saturated rings. The van der Waals surface area contributed by atoms with Gasteiger partial charge in [0.15, 0.2) is 17.2 Å². The highest BCUT2D eigenvalue weighted by molar-refractivity contribution is 9.10. The Hall–Kier alpha value is -2.80. The standard InChI is InChI=1S/C19H16BrNO5/c1-23-13-6-4-12(5-7-13)18-21-15(19(22)26-18)9-11-8-14(20)17(25-3)16(10-11)24-2/h4-10H,1-3H3/b15-9-. The van der Waals surface area contributed by atoms with Gasteiger partial charge in [-0.05, 0) is 64.0 Å². The predicted octanol–water partition coefficient (Wildman–Crippen LogP) is 3.82. The molecule has 0 saturated heterocycles. The summed E-state index contributed by atoms with van der Waals surface area (Å²) in [6.45, 7) is 0. The van der Waals surface area contributed by atoms with Crippen molar-refractivity contribution in [3.63, 3.8) is 0 Å². The maximum absolute atomic E-state index is 12.2. The summed E-state index contributed by atoms with van der Waals surface area (Å²) < 4.78 is 21.7. The molecule has 2 aromatic carbocycles. The lowest BCUT2D eigenvalue weighted by Gasteiger charge is -2.10. The van der Waals surface area contributed by atoms with Crippen molar-refractivity contribution in [3.8, 4) is 17.2 Å². The SMILES string of the molecule is COc1ccc(C2=N/C(=C\c3cc(Br)c(OC)c(OC)c3)C(=O)O2)cc1. The summed E-state index contributed by atoms with van der Waals surface area (Å²) >= 11 is 3.43. The number of methoxy groups -OCH3 is 3. The zero-order chi connectivity index (χ0) is 18.7. The zero-order valence-corrected chi connectivity index (χ0v) is 16.0. The van der Waals surface area contributed by atoms with Crippen molar-refractivity contribution in [1.29, 1.82) is 0 Å². The molecule has 0 radical (unpaired) electrons. The van der Waals surface area contributed by atoms with Gasteiger partial charge >= 0.3 is 5.97 Å². The maximum atomic E-state index is 12.2. The Morgan fingerprint density at radius 1 is 1.04 bits per heavy atom. The van der Waals surface area contributed by atoms with E-state index in [0.717, 1.165) is 5.56 Å². The largest absolute Gasteiger partial charge is 0.497 e. The first-order valence-electron chi connectivity index (χ1n) is 7.64. The van der Waals surface area contributed by atoms with Gasteiger partial charge in [-0.15, -0.1) is 0 Å². The molecule has 1 aliphatic rings. The van der Waals surface area contributed by atoms with E-state index in [1.165, 1.54) is 0 Å². The Kier molecular flexibility index (Phi) is 5.27. The number of aliphatic imine (C=N–C) groups is 1. The highest BCUT2D eigenvalue weighted by Crippen LogP contribution is 2.37. The van der Waals surface area contributed by atoms with E-state index in [4.69, 9.17) is 18.9 Å². The average Bonchev–Trinajstić information content (AvgIpc) is 3.01. The van der Waals surface area contributed by atoms with Crippen LogP contribution in [0.25, 0.3) is 6.08 Å². The third-order valence-electron chi connectivity index (χ3n) is 3.72. The molecule has 0 unspecified atom stereocenters. The topological polar surface area (TPSA) is 66.3 Å². The number of cyclic esters (lactones) is 1. The molecular formula is C19H16BrNO5. The van der Waals surface area contributed by atoms with Gasteiger partial charge in [-0.2, -0.15) is 0 Å². The van der Waals surface area contributed by atoms with E-state index in [2.05, 4.69) is 20.9 Å². The molecule has 1 heterocycles. The smallest absolute Gasteiger partial charge is 0.363 e. The molecule has 0 saturated carbocycles. The van der Waals surface area contributed by atoms with E-state index in [0.29, 0.717) is 27.3 Å². The van der Waals surface area contributed by atoms with Crippen LogP contribution in [0.5, 0.6) is 17.2 Å². The fraction of sp³-hybridized carbons (Fsp3) is 0.158. The number of hydrogen-bond acceptors (Lipinski definition) is 6. The van der Waals surface area contributed by atoms with Gasteiger partial charge in [-0.3, -0.25) is 0 Å². The minimum Gasteiger partial charge on any atom is -0.497 e. The lowest BCUT2D eigenvalue weighted by Crippen LogP contribution is -2.05. The van der Waals surface area contributed by atoms with Gasteiger partial charge in [0.2, 0.25) is 5.90 Å². The summed E-state index contributed by atoms with van der Waals surface area (Å²) in [7, 11) is 4.69. The summed E-state index contributed by atoms with van der Waals surface area (Å²) in [6, 6.07) is 10.7. The van der Waals surface area contributed by atoms with Crippen molar-refractivity contribution >= 4 is 33.9 Å². The van der Waals surface area contributed by atoms with Crippen LogP contribution in [0.2, 0.25) is 0 Å². The molecule has 2 aromatic rings. The van der Waals surface area contributed by atoms with E-state index in [-0.39, 0.29) is 11.6 Å². The molecule has 7 heteroatoms. The van der Waals surface area contributed by atoms with Crippen LogP contribution in [0.15, 0.2) is 51.6 Å². The normalized spacial score (nSPS) is 14.8. The minimum atomic E-state index is -0.512. The van der Waals surface area contributed by atoms with Gasteiger partial charge in [-0.25, -0.2) is 9.79 Å². The van der Waals surface area contributed by atoms with Crippen molar-refractivity contribution in [2.75, 3.05) is 21.3 Å². The van der Waals surface area contributed by atoms with E-state index >= 15 is 0 Å². The van der Waals surface area contributed by atoms with E-state index in [9.17, 15) is 4.79 Å². The molecule has 0 N–H and O–H groups in total. The molecule has 0 spiro atoms. The fourth-order valence-electron chi connectivity index (χ4n) is 2.45. The molecule has 0 aromatic heterocycles. The maximum Gasteiger partial charge on any atom is 0.363 e. The molecule has 6 nitrogen and oxygen atoms in total. The molecule has 3 rings (SSSR count). The number of rotatable bonds is 5. The Morgan fingerprint density at radius 2 is 1.77 bits per heavy atom. The third kappa shape index (κ3) is 3.57. The number of ether oxygens (including phenoxy) is 4. The second-order valence-corrected chi connectivity index (χ2v) is 6.16. The van der Waals surface area contributed by atoms with Gasteiger partial charge in [-0.1, -0.05) is 0 Å². The van der Waals surface area contributed by atoms with E-state index in [1.54, 1.807) is 57.7 Å². The van der Waals surface area contributed by atoms with Crippen LogP contribution in [0.4, 0.5) is 0 Å². The number of hydrogen-bond donors (Lipinski definition) is 0. The summed E-state index contributed by atoms with van der Waals surface area (Å²) in [6.07, 6.45) is 1.63. The number of benzene rings is 2. The monoisotopic (exact) mass is 417 g/mol. The number of carbonyl (C=O) groups excluding carboxylic acids is 1. The fourth-order valence-corrected chi connectivity index (χ4v) is 3.07. The Bertz CT molecular complexity index is 903. The molecule has 1 aliphatic heterocycles. The lowest BCUT2D eigenvalue weighted by molar-refractivity contribution is -0.129. The lowest BCUT2D eigenvalue weighted by atomic mass is 10.1. The first kappa shape index (κ1) is 18.0. The summed E-state index contributed by atoms with van der Waals surface area (Å²) in [5.41, 5.74) is 1.62. The molecule has 0 amide bonds.